The maximum absolute atomic E-state index is 14.9. The molecule has 240 valence electrons. The number of carbonyl (C=O) groups is 4. The van der Waals surface area contributed by atoms with Crippen molar-refractivity contribution in [2.24, 2.45) is 0 Å². The Bertz CT molecular complexity index is 1890. The van der Waals surface area contributed by atoms with E-state index in [1.165, 1.54) is 37.8 Å². The highest BCUT2D eigenvalue weighted by atomic mass is 19.1. The number of anilines is 2. The number of ether oxygens (including phenoxy) is 2. The second-order valence-electron chi connectivity index (χ2n) is 9.34. The number of allylic oxidation sites excluding steroid dienone is 1. The van der Waals surface area contributed by atoms with Crippen LogP contribution in [0.5, 0.6) is 11.5 Å². The van der Waals surface area contributed by atoms with E-state index in [0.29, 0.717) is 5.82 Å². The van der Waals surface area contributed by atoms with Gasteiger partial charge < -0.3 is 35.7 Å². The minimum absolute atomic E-state index is 0.00156. The summed E-state index contributed by atoms with van der Waals surface area (Å²) in [5.74, 6) is -5.27. The zero-order valence-corrected chi connectivity index (χ0v) is 24.4. The van der Waals surface area contributed by atoms with Gasteiger partial charge in [-0.1, -0.05) is 0 Å². The smallest absolute Gasteiger partial charge is 0.337 e. The van der Waals surface area contributed by atoms with Crippen LogP contribution in [0.4, 0.5) is 15.8 Å². The summed E-state index contributed by atoms with van der Waals surface area (Å²) in [7, 11) is 1.26. The van der Waals surface area contributed by atoms with Crippen LogP contribution in [0.15, 0.2) is 67.3 Å². The van der Waals surface area contributed by atoms with Gasteiger partial charge in [0.05, 0.1) is 36.2 Å². The number of halogens is 1. The van der Waals surface area contributed by atoms with Crippen LogP contribution in [0.3, 0.4) is 0 Å². The summed E-state index contributed by atoms with van der Waals surface area (Å²) in [5.41, 5.74) is -2.05. The fraction of sp³-hybridized carbons (Fsp3) is 0.100. The average Bonchev–Trinajstić information content (AvgIpc) is 3.60. The molecule has 47 heavy (non-hydrogen) atoms. The van der Waals surface area contributed by atoms with Crippen LogP contribution in [0.25, 0.3) is 5.82 Å². The Labute approximate surface area is 264 Å². The van der Waals surface area contributed by atoms with E-state index in [4.69, 9.17) is 20.3 Å². The van der Waals surface area contributed by atoms with Crippen molar-refractivity contribution in [2.45, 2.75) is 6.42 Å². The lowest BCUT2D eigenvalue weighted by molar-refractivity contribution is -0.110. The third-order valence-corrected chi connectivity index (χ3v) is 6.33. The number of nitrogens with zero attached hydrogens (tertiary/aromatic N) is 4. The number of imidazole rings is 1. The minimum atomic E-state index is -1.50. The number of rotatable bonds is 14. The summed E-state index contributed by atoms with van der Waals surface area (Å²) in [6.45, 7) is -0.252. The number of carbonyl (C=O) groups excluding carboxylic acids is 2. The number of benzene rings is 2. The molecule has 0 saturated heterocycles. The van der Waals surface area contributed by atoms with Gasteiger partial charge in [-0.05, 0) is 42.0 Å². The lowest BCUT2D eigenvalue weighted by Gasteiger charge is -2.16. The van der Waals surface area contributed by atoms with Crippen LogP contribution < -0.4 is 20.1 Å². The molecule has 0 spiro atoms. The number of carboxylic acid groups (broad SMARTS) is 2. The van der Waals surface area contributed by atoms with Crippen molar-refractivity contribution in [2.75, 3.05) is 24.4 Å². The Balaban J connectivity index is 1.51. The average molecular weight is 645 g/mol. The maximum atomic E-state index is 14.9. The van der Waals surface area contributed by atoms with E-state index < -0.39 is 46.4 Å². The Morgan fingerprint density at radius 2 is 1.72 bits per heavy atom. The van der Waals surface area contributed by atoms with E-state index in [-0.39, 0.29) is 47.2 Å². The Morgan fingerprint density at radius 3 is 2.34 bits per heavy atom. The Kier molecular flexibility index (Phi) is 10.4. The summed E-state index contributed by atoms with van der Waals surface area (Å²) in [4.78, 5) is 52.8. The summed E-state index contributed by atoms with van der Waals surface area (Å²) in [6.07, 6.45) is 7.53. The fourth-order valence-corrected chi connectivity index (χ4v) is 4.05. The first-order valence-electron chi connectivity index (χ1n) is 13.4. The Morgan fingerprint density at radius 1 is 1.00 bits per heavy atom. The molecule has 0 aliphatic heterocycles. The topological polar surface area (TPSA) is 243 Å². The number of hydrogen-bond donors (Lipinski definition) is 6. The molecule has 0 unspecified atom stereocenters. The minimum Gasteiger partial charge on any atom is -0.493 e. The molecule has 0 aliphatic rings. The molecular formula is C30H25FN8O8. The molecule has 2 aromatic heterocycles. The lowest BCUT2D eigenvalue weighted by Crippen LogP contribution is -2.22. The van der Waals surface area contributed by atoms with Crippen LogP contribution in [-0.2, 0) is 11.2 Å². The normalized spacial score (nSPS) is 10.7. The molecule has 0 fully saturated rings. The maximum Gasteiger partial charge on any atom is 0.337 e. The number of amides is 2. The van der Waals surface area contributed by atoms with Crippen LogP contribution in [0.2, 0.25) is 0 Å². The highest BCUT2D eigenvalue weighted by Crippen LogP contribution is 2.34. The number of nitrogens with one attached hydrogen (secondary N) is 4. The molecule has 0 radical (unpaired) electrons. The van der Waals surface area contributed by atoms with Crippen LogP contribution in [0.1, 0.15) is 36.8 Å². The molecule has 0 atom stereocenters. The molecule has 16 nitrogen and oxygen atoms in total. The summed E-state index contributed by atoms with van der Waals surface area (Å²) < 4.78 is 27.4. The number of aromatic carboxylic acids is 2. The first-order valence-corrected chi connectivity index (χ1v) is 13.4. The molecule has 0 bridgehead atoms. The van der Waals surface area contributed by atoms with Gasteiger partial charge in [-0.3, -0.25) is 19.6 Å². The van der Waals surface area contributed by atoms with Crippen LogP contribution >= 0.6 is 0 Å². The molecule has 2 heterocycles. The molecule has 2 amide bonds. The first-order chi connectivity index (χ1) is 22.5. The molecule has 4 aromatic rings. The zero-order valence-electron chi connectivity index (χ0n) is 24.4. The number of carboxylic acids is 2. The van der Waals surface area contributed by atoms with Gasteiger partial charge in [0, 0.05) is 37.2 Å². The number of aromatic nitrogens is 4. The van der Waals surface area contributed by atoms with Gasteiger partial charge in [0.25, 0.3) is 11.8 Å². The van der Waals surface area contributed by atoms with Crippen LogP contribution in [0, 0.1) is 16.6 Å². The predicted octanol–water partition coefficient (Wildman–Crippen LogP) is 3.24. The van der Waals surface area contributed by atoms with Crippen molar-refractivity contribution in [1.29, 1.82) is 10.8 Å². The third-order valence-electron chi connectivity index (χ3n) is 6.33. The third kappa shape index (κ3) is 8.04. The lowest BCUT2D eigenvalue weighted by atomic mass is 10.1. The summed E-state index contributed by atoms with van der Waals surface area (Å²) in [5, 5.41) is 46.5. The van der Waals surface area contributed by atoms with Gasteiger partial charge >= 0.3 is 11.9 Å². The van der Waals surface area contributed by atoms with Gasteiger partial charge in [-0.15, -0.1) is 10.2 Å². The van der Waals surface area contributed by atoms with E-state index in [9.17, 15) is 33.8 Å². The predicted molar refractivity (Wildman–Crippen MR) is 164 cm³/mol. The monoisotopic (exact) mass is 644 g/mol. The molecular weight excluding hydrogens is 619 g/mol. The van der Waals surface area contributed by atoms with Crippen molar-refractivity contribution in [3.05, 3.63) is 95.5 Å². The van der Waals surface area contributed by atoms with Gasteiger partial charge in [-0.2, -0.15) is 0 Å². The van der Waals surface area contributed by atoms with Crippen LogP contribution in [-0.4, -0.2) is 79.4 Å². The Hall–Kier alpha value is -6.78. The zero-order chi connectivity index (χ0) is 34.1. The molecule has 6 N–H and O–H groups in total. The molecule has 0 saturated carbocycles. The standard InChI is InChI=1S/C30H25FN8O8/c1-46-24-14-23(35-27(40)20(33)3-2-7-32)18(30(44)45)13-25(24)47-10-6-16-11-22(17(29(42)43)12-19(16)31)36-28(41)21-4-5-26(38-37-21)39-9-8-34-15-39/h2-5,7-9,11-15,32-33H,6,10H2,1H3,(H,35,40)(H,36,41)(H,42,43)(H,44,45)/b3-2-,32-7?,33-20?. The summed E-state index contributed by atoms with van der Waals surface area (Å²) >= 11 is 0. The van der Waals surface area contributed by atoms with Crippen molar-refractivity contribution in [3.8, 4) is 17.3 Å². The quantitative estimate of drug-likeness (QED) is 0.109. The van der Waals surface area contributed by atoms with Gasteiger partial charge in [0.1, 0.15) is 17.9 Å². The van der Waals surface area contributed by atoms with Gasteiger partial charge in [0.15, 0.2) is 23.0 Å². The fourth-order valence-electron chi connectivity index (χ4n) is 4.05. The second-order valence-corrected chi connectivity index (χ2v) is 9.34. The second kappa shape index (κ2) is 14.8. The molecule has 2 aromatic carbocycles. The van der Waals surface area contributed by atoms with Crippen molar-refractivity contribution < 1.29 is 43.3 Å². The van der Waals surface area contributed by atoms with Crippen molar-refractivity contribution in [3.63, 3.8) is 0 Å². The molecule has 0 aliphatic carbocycles. The van der Waals surface area contributed by atoms with Gasteiger partial charge in [0.2, 0.25) is 0 Å². The van der Waals surface area contributed by atoms with Crippen molar-refractivity contribution in [1.82, 2.24) is 19.7 Å². The van der Waals surface area contributed by atoms with E-state index in [1.807, 2.05) is 0 Å². The molecule has 4 rings (SSSR count). The number of methoxy groups -OCH3 is 1. The van der Waals surface area contributed by atoms with E-state index in [0.717, 1.165) is 36.6 Å². The number of hydrogen-bond acceptors (Lipinski definition) is 11. The van der Waals surface area contributed by atoms with E-state index >= 15 is 0 Å². The largest absolute Gasteiger partial charge is 0.493 e. The SMILES string of the molecule is COc1cc(NC(=O)C(=N)/C=C\C=N)c(C(=O)O)cc1OCCc1cc(NC(=O)c2ccc(-n3ccnc3)nn2)c(C(=O)O)cc1F. The first kappa shape index (κ1) is 33.1. The van der Waals surface area contributed by atoms with E-state index in [1.54, 1.807) is 10.8 Å². The highest BCUT2D eigenvalue weighted by molar-refractivity contribution is 6.46. The summed E-state index contributed by atoms with van der Waals surface area (Å²) in [6, 6.07) is 6.99. The van der Waals surface area contributed by atoms with Crippen molar-refractivity contribution >= 4 is 47.1 Å². The molecule has 17 heteroatoms. The van der Waals surface area contributed by atoms with Gasteiger partial charge in [-0.25, -0.2) is 19.0 Å². The van der Waals surface area contributed by atoms with E-state index in [2.05, 4.69) is 25.8 Å². The highest BCUT2D eigenvalue weighted by Gasteiger charge is 2.21.